The van der Waals surface area contributed by atoms with Crippen LogP contribution in [0.3, 0.4) is 0 Å². The average molecular weight is 364 g/mol. The number of anilines is 1. The van der Waals surface area contributed by atoms with E-state index in [0.717, 1.165) is 0 Å². The molecule has 9 heteroatoms. The molecule has 8 nitrogen and oxygen atoms in total. The van der Waals surface area contributed by atoms with E-state index in [-0.39, 0.29) is 18.0 Å². The third-order valence-electron chi connectivity index (χ3n) is 3.15. The van der Waals surface area contributed by atoms with Crippen LogP contribution in [-0.4, -0.2) is 25.9 Å². The molecule has 0 aliphatic heterocycles. The normalized spacial score (nSPS) is 10.9. The Morgan fingerprint density at radius 3 is 2.48 bits per heavy atom. The second-order valence-electron chi connectivity index (χ2n) is 5.09. The maximum absolute atomic E-state index is 12.2. The summed E-state index contributed by atoms with van der Waals surface area (Å²) in [5, 5.41) is 10.7. The lowest BCUT2D eigenvalue weighted by molar-refractivity contribution is -0.384. The molecule has 0 spiro atoms. The molecule has 0 radical (unpaired) electrons. The number of esters is 1. The first-order chi connectivity index (χ1) is 11.8. The Balaban J connectivity index is 2.09. The van der Waals surface area contributed by atoms with Gasteiger partial charge in [-0.25, -0.2) is 13.2 Å². The topological polar surface area (TPSA) is 116 Å². The van der Waals surface area contributed by atoms with Crippen LogP contribution in [-0.2, 0) is 20.5 Å². The number of carbonyl (C=O) groups excluding carboxylic acids is 1. The highest BCUT2D eigenvalue weighted by molar-refractivity contribution is 7.91. The Morgan fingerprint density at radius 1 is 1.20 bits per heavy atom. The number of ether oxygens (including phenoxy) is 1. The van der Waals surface area contributed by atoms with Crippen molar-refractivity contribution in [3.05, 3.63) is 69.8 Å². The molecule has 132 valence electrons. The SMILES string of the molecule is CCOC(=O)c1ccc(NS(=O)(=O)Cc2cccc([N+](=O)[O-])c2)cc1. The number of rotatable bonds is 7. The number of hydrogen-bond acceptors (Lipinski definition) is 6. The minimum Gasteiger partial charge on any atom is -0.462 e. The van der Waals surface area contributed by atoms with Crippen LogP contribution in [0.5, 0.6) is 0 Å². The van der Waals surface area contributed by atoms with Crippen molar-refractivity contribution >= 4 is 27.4 Å². The standard InChI is InChI=1S/C16H16N2O6S/c1-2-24-16(19)13-6-8-14(9-7-13)17-25(22,23)11-12-4-3-5-15(10-12)18(20)21/h3-10,17H,2,11H2,1H3. The highest BCUT2D eigenvalue weighted by atomic mass is 32.2. The fourth-order valence-electron chi connectivity index (χ4n) is 2.08. The minimum atomic E-state index is -3.76. The summed E-state index contributed by atoms with van der Waals surface area (Å²) in [6.45, 7) is 1.94. The van der Waals surface area contributed by atoms with E-state index in [1.807, 2.05) is 0 Å². The monoisotopic (exact) mass is 364 g/mol. The Kier molecular flexibility index (Phi) is 5.71. The van der Waals surface area contributed by atoms with Gasteiger partial charge in [0.15, 0.2) is 0 Å². The summed E-state index contributed by atoms with van der Waals surface area (Å²) in [6, 6.07) is 11.2. The number of benzene rings is 2. The second-order valence-corrected chi connectivity index (χ2v) is 6.81. The number of nitrogens with one attached hydrogen (secondary N) is 1. The quantitative estimate of drug-likeness (QED) is 0.459. The van der Waals surface area contributed by atoms with Crippen LogP contribution in [0, 0.1) is 10.1 Å². The average Bonchev–Trinajstić information content (AvgIpc) is 2.55. The summed E-state index contributed by atoms with van der Waals surface area (Å²) in [5.74, 6) is -0.901. The first-order valence-electron chi connectivity index (χ1n) is 7.32. The number of nitro groups is 1. The van der Waals surface area contributed by atoms with Crippen molar-refractivity contribution in [2.75, 3.05) is 11.3 Å². The molecule has 0 heterocycles. The zero-order valence-corrected chi connectivity index (χ0v) is 14.2. The zero-order chi connectivity index (χ0) is 18.4. The molecular weight excluding hydrogens is 348 g/mol. The van der Waals surface area contributed by atoms with E-state index in [1.54, 1.807) is 6.92 Å². The first kappa shape index (κ1) is 18.4. The van der Waals surface area contributed by atoms with Gasteiger partial charge in [0.25, 0.3) is 5.69 Å². The predicted molar refractivity (Wildman–Crippen MR) is 91.7 cm³/mol. The van der Waals surface area contributed by atoms with Crippen LogP contribution in [0.1, 0.15) is 22.8 Å². The summed E-state index contributed by atoms with van der Waals surface area (Å²) in [7, 11) is -3.76. The van der Waals surface area contributed by atoms with Gasteiger partial charge < -0.3 is 4.74 Å². The zero-order valence-electron chi connectivity index (χ0n) is 13.3. The van der Waals surface area contributed by atoms with Crippen LogP contribution in [0.4, 0.5) is 11.4 Å². The van der Waals surface area contributed by atoms with E-state index in [2.05, 4.69) is 4.72 Å². The van der Waals surface area contributed by atoms with Crippen LogP contribution in [0.2, 0.25) is 0 Å². The summed E-state index contributed by atoms with van der Waals surface area (Å²) in [4.78, 5) is 21.7. The highest BCUT2D eigenvalue weighted by Gasteiger charge is 2.15. The number of hydrogen-bond donors (Lipinski definition) is 1. The van der Waals surface area contributed by atoms with Gasteiger partial charge in [-0.05, 0) is 36.8 Å². The largest absolute Gasteiger partial charge is 0.462 e. The molecule has 0 fully saturated rings. The van der Waals surface area contributed by atoms with Crippen molar-refractivity contribution in [2.24, 2.45) is 0 Å². The number of nitrogens with zero attached hydrogens (tertiary/aromatic N) is 1. The van der Waals surface area contributed by atoms with Gasteiger partial charge in [0.1, 0.15) is 0 Å². The van der Waals surface area contributed by atoms with E-state index in [1.165, 1.54) is 48.5 Å². The lowest BCUT2D eigenvalue weighted by atomic mass is 10.2. The molecule has 0 amide bonds. The summed E-state index contributed by atoms with van der Waals surface area (Å²) < 4.78 is 31.6. The van der Waals surface area contributed by atoms with Gasteiger partial charge in [-0.1, -0.05) is 12.1 Å². The molecule has 2 aromatic carbocycles. The molecule has 2 rings (SSSR count). The van der Waals surface area contributed by atoms with Gasteiger partial charge >= 0.3 is 5.97 Å². The van der Waals surface area contributed by atoms with Gasteiger partial charge in [-0.3, -0.25) is 14.8 Å². The van der Waals surface area contributed by atoms with Crippen molar-refractivity contribution in [3.8, 4) is 0 Å². The molecule has 0 aliphatic rings. The fourth-order valence-corrected chi connectivity index (χ4v) is 3.27. The third kappa shape index (κ3) is 5.28. The molecule has 0 saturated carbocycles. The van der Waals surface area contributed by atoms with Gasteiger partial charge in [0.2, 0.25) is 10.0 Å². The Bertz CT molecular complexity index is 878. The van der Waals surface area contributed by atoms with E-state index in [9.17, 15) is 23.3 Å². The lowest BCUT2D eigenvalue weighted by Crippen LogP contribution is -2.15. The van der Waals surface area contributed by atoms with E-state index in [0.29, 0.717) is 11.1 Å². The van der Waals surface area contributed by atoms with Gasteiger partial charge in [0.05, 0.1) is 22.8 Å². The number of non-ortho nitro benzene ring substituents is 1. The molecule has 25 heavy (non-hydrogen) atoms. The maximum Gasteiger partial charge on any atom is 0.338 e. The predicted octanol–water partition coefficient (Wildman–Crippen LogP) is 2.71. The molecule has 0 atom stereocenters. The van der Waals surface area contributed by atoms with Crippen molar-refractivity contribution < 1.29 is 22.9 Å². The number of carbonyl (C=O) groups is 1. The smallest absolute Gasteiger partial charge is 0.338 e. The van der Waals surface area contributed by atoms with E-state index >= 15 is 0 Å². The third-order valence-corrected chi connectivity index (χ3v) is 4.41. The Labute approximate surface area is 144 Å². The van der Waals surface area contributed by atoms with Crippen LogP contribution in [0.25, 0.3) is 0 Å². The molecule has 0 unspecified atom stereocenters. The summed E-state index contributed by atoms with van der Waals surface area (Å²) in [6.07, 6.45) is 0. The first-order valence-corrected chi connectivity index (χ1v) is 8.97. The molecule has 2 aromatic rings. The highest BCUT2D eigenvalue weighted by Crippen LogP contribution is 2.18. The van der Waals surface area contributed by atoms with Gasteiger partial charge in [-0.2, -0.15) is 0 Å². The summed E-state index contributed by atoms with van der Waals surface area (Å²) in [5.41, 5.74) is 0.707. The molecule has 0 saturated heterocycles. The molecular formula is C16H16N2O6S. The lowest BCUT2D eigenvalue weighted by Gasteiger charge is -2.09. The summed E-state index contributed by atoms with van der Waals surface area (Å²) >= 11 is 0. The molecule has 0 aliphatic carbocycles. The maximum atomic E-state index is 12.2. The van der Waals surface area contributed by atoms with Crippen molar-refractivity contribution in [1.82, 2.24) is 0 Å². The van der Waals surface area contributed by atoms with E-state index < -0.39 is 26.7 Å². The minimum absolute atomic E-state index is 0.175. The Hall–Kier alpha value is -2.94. The Morgan fingerprint density at radius 2 is 1.88 bits per heavy atom. The van der Waals surface area contributed by atoms with Crippen molar-refractivity contribution in [3.63, 3.8) is 0 Å². The second kappa shape index (κ2) is 7.75. The van der Waals surface area contributed by atoms with Crippen LogP contribution >= 0.6 is 0 Å². The molecule has 0 bridgehead atoms. The van der Waals surface area contributed by atoms with Crippen molar-refractivity contribution in [2.45, 2.75) is 12.7 Å². The number of nitro benzene ring substituents is 1. The van der Waals surface area contributed by atoms with E-state index in [4.69, 9.17) is 4.74 Å². The van der Waals surface area contributed by atoms with Gasteiger partial charge in [0, 0.05) is 17.8 Å². The van der Waals surface area contributed by atoms with Crippen LogP contribution in [0.15, 0.2) is 48.5 Å². The van der Waals surface area contributed by atoms with Gasteiger partial charge in [-0.15, -0.1) is 0 Å². The van der Waals surface area contributed by atoms with Crippen molar-refractivity contribution in [1.29, 1.82) is 0 Å². The molecule has 0 aromatic heterocycles. The van der Waals surface area contributed by atoms with Crippen LogP contribution < -0.4 is 4.72 Å². The molecule has 1 N–H and O–H groups in total. The fraction of sp³-hybridized carbons (Fsp3) is 0.188. The number of sulfonamides is 1.